The van der Waals surface area contributed by atoms with Crippen molar-refractivity contribution < 1.29 is 13.2 Å². The van der Waals surface area contributed by atoms with E-state index in [9.17, 15) is 13.2 Å². The third-order valence-electron chi connectivity index (χ3n) is 4.74. The molecular formula is C23H22Cl2N2O3S. The Balaban J connectivity index is 1.90. The molecule has 0 heterocycles. The van der Waals surface area contributed by atoms with Crippen molar-refractivity contribution in [2.75, 3.05) is 17.9 Å². The molecule has 0 aliphatic carbocycles. The topological polar surface area (TPSA) is 57.7 Å². The summed E-state index contributed by atoms with van der Waals surface area (Å²) in [5.74, 6) is -0.356. The average molecular weight is 477 g/mol. The third kappa shape index (κ3) is 5.79. The summed E-state index contributed by atoms with van der Waals surface area (Å²) >= 11 is 12.0. The normalized spacial score (nSPS) is 11.2. The summed E-state index contributed by atoms with van der Waals surface area (Å²) in [5, 5.41) is 0.984. The van der Waals surface area contributed by atoms with Gasteiger partial charge in [0.05, 0.1) is 10.6 Å². The molecule has 8 heteroatoms. The molecule has 0 atom stereocenters. The second kappa shape index (κ2) is 9.73. The zero-order chi connectivity index (χ0) is 22.6. The smallest absolute Gasteiger partial charge is 0.264 e. The molecule has 3 aromatic rings. The quantitative estimate of drug-likeness (QED) is 0.473. The molecule has 0 aliphatic heterocycles. The number of likely N-dealkylation sites (N-methyl/N-ethyl adjacent to an activating group) is 1. The molecular weight excluding hydrogens is 455 g/mol. The molecule has 3 aromatic carbocycles. The van der Waals surface area contributed by atoms with E-state index >= 15 is 0 Å². The van der Waals surface area contributed by atoms with Crippen molar-refractivity contribution in [3.8, 4) is 0 Å². The largest absolute Gasteiger partial charge is 0.340 e. The molecule has 0 aromatic heterocycles. The number of anilines is 1. The molecule has 0 spiro atoms. The van der Waals surface area contributed by atoms with Crippen LogP contribution in [0.15, 0.2) is 77.7 Å². The highest BCUT2D eigenvalue weighted by Gasteiger charge is 2.28. The second-order valence-corrected chi connectivity index (χ2v) is 9.92. The molecule has 5 nitrogen and oxygen atoms in total. The minimum Gasteiger partial charge on any atom is -0.340 e. The summed E-state index contributed by atoms with van der Waals surface area (Å²) in [6, 6.07) is 20.1. The molecule has 162 valence electrons. The Labute approximate surface area is 192 Å². The lowest BCUT2D eigenvalue weighted by atomic mass is 10.2. The molecule has 31 heavy (non-hydrogen) atoms. The Kier molecular flexibility index (Phi) is 7.26. The predicted molar refractivity (Wildman–Crippen MR) is 125 cm³/mol. The van der Waals surface area contributed by atoms with Crippen LogP contribution < -0.4 is 4.31 Å². The number of amides is 1. The fourth-order valence-corrected chi connectivity index (χ4v) is 4.70. The van der Waals surface area contributed by atoms with Crippen LogP contribution in [-0.4, -0.2) is 32.8 Å². The van der Waals surface area contributed by atoms with Crippen LogP contribution in [0, 0.1) is 6.92 Å². The van der Waals surface area contributed by atoms with Gasteiger partial charge in [-0.3, -0.25) is 9.10 Å². The van der Waals surface area contributed by atoms with Gasteiger partial charge in [0, 0.05) is 23.6 Å². The fourth-order valence-electron chi connectivity index (χ4n) is 2.98. The van der Waals surface area contributed by atoms with Crippen molar-refractivity contribution in [1.82, 2.24) is 4.90 Å². The Morgan fingerprint density at radius 3 is 2.16 bits per heavy atom. The van der Waals surface area contributed by atoms with E-state index in [1.54, 1.807) is 49.5 Å². The Hall–Kier alpha value is -2.54. The summed E-state index contributed by atoms with van der Waals surface area (Å²) in [6.07, 6.45) is 0. The van der Waals surface area contributed by atoms with E-state index in [2.05, 4.69) is 0 Å². The summed E-state index contributed by atoms with van der Waals surface area (Å²) in [5.41, 5.74) is 2.14. The summed E-state index contributed by atoms with van der Waals surface area (Å²) in [6.45, 7) is 1.84. The molecule has 3 rings (SSSR count). The maximum Gasteiger partial charge on any atom is 0.264 e. The zero-order valence-electron chi connectivity index (χ0n) is 17.1. The molecule has 0 saturated heterocycles. The van der Waals surface area contributed by atoms with Gasteiger partial charge in [0.2, 0.25) is 5.91 Å². The number of nitrogens with zero attached hydrogens (tertiary/aromatic N) is 2. The molecule has 0 unspecified atom stereocenters. The first-order chi connectivity index (χ1) is 14.7. The predicted octanol–water partition coefficient (Wildman–Crippen LogP) is 5.16. The van der Waals surface area contributed by atoms with Gasteiger partial charge in [0.1, 0.15) is 6.54 Å². The Bertz CT molecular complexity index is 1160. The van der Waals surface area contributed by atoms with Gasteiger partial charge in [-0.1, -0.05) is 59.1 Å². The molecule has 0 N–H and O–H groups in total. The third-order valence-corrected chi connectivity index (χ3v) is 7.02. The number of benzene rings is 3. The standard InChI is InChI=1S/C23H22Cl2N2O3S/c1-17-6-12-22(13-7-17)31(29,30)27(21-5-3-4-20(25)14-21)16-23(28)26(2)15-18-8-10-19(24)11-9-18/h3-14H,15-16H2,1-2H3. The first kappa shape index (κ1) is 23.1. The summed E-state index contributed by atoms with van der Waals surface area (Å²) < 4.78 is 27.9. The van der Waals surface area contributed by atoms with Gasteiger partial charge in [0.25, 0.3) is 10.0 Å². The number of rotatable bonds is 7. The van der Waals surface area contributed by atoms with E-state index in [1.807, 2.05) is 19.1 Å². The Morgan fingerprint density at radius 1 is 0.903 bits per heavy atom. The molecule has 0 aliphatic rings. The van der Waals surface area contributed by atoms with Crippen LogP contribution in [0.2, 0.25) is 10.0 Å². The highest BCUT2D eigenvalue weighted by atomic mass is 35.5. The number of hydrogen-bond acceptors (Lipinski definition) is 3. The lowest BCUT2D eigenvalue weighted by Gasteiger charge is -2.27. The van der Waals surface area contributed by atoms with Crippen molar-refractivity contribution in [2.24, 2.45) is 0 Å². The maximum absolute atomic E-state index is 13.4. The van der Waals surface area contributed by atoms with E-state index < -0.39 is 10.0 Å². The van der Waals surface area contributed by atoms with Crippen molar-refractivity contribution in [3.63, 3.8) is 0 Å². The zero-order valence-corrected chi connectivity index (χ0v) is 19.5. The second-order valence-electron chi connectivity index (χ2n) is 7.18. The first-order valence-corrected chi connectivity index (χ1v) is 11.7. The van der Waals surface area contributed by atoms with Crippen LogP contribution in [0.3, 0.4) is 0 Å². The number of sulfonamides is 1. The summed E-state index contributed by atoms with van der Waals surface area (Å²) in [7, 11) is -2.35. The lowest BCUT2D eigenvalue weighted by Crippen LogP contribution is -2.41. The van der Waals surface area contributed by atoms with Crippen LogP contribution in [0.4, 0.5) is 5.69 Å². The Morgan fingerprint density at radius 2 is 1.55 bits per heavy atom. The van der Waals surface area contributed by atoms with E-state index in [-0.39, 0.29) is 17.3 Å². The molecule has 0 bridgehead atoms. The lowest BCUT2D eigenvalue weighted by molar-refractivity contribution is -0.128. The molecule has 0 fully saturated rings. The number of carbonyl (C=O) groups is 1. The van der Waals surface area contributed by atoms with Crippen molar-refractivity contribution >= 4 is 44.8 Å². The van der Waals surface area contributed by atoms with Gasteiger partial charge in [-0.2, -0.15) is 0 Å². The number of halogens is 2. The highest BCUT2D eigenvalue weighted by Crippen LogP contribution is 2.26. The van der Waals surface area contributed by atoms with Gasteiger partial charge in [-0.25, -0.2) is 8.42 Å². The van der Waals surface area contributed by atoms with Gasteiger partial charge in [0.15, 0.2) is 0 Å². The van der Waals surface area contributed by atoms with Gasteiger partial charge in [-0.15, -0.1) is 0 Å². The number of carbonyl (C=O) groups excluding carboxylic acids is 1. The van der Waals surface area contributed by atoms with Crippen LogP contribution in [0.1, 0.15) is 11.1 Å². The first-order valence-electron chi connectivity index (χ1n) is 9.50. The van der Waals surface area contributed by atoms with E-state index in [4.69, 9.17) is 23.2 Å². The number of hydrogen-bond donors (Lipinski definition) is 0. The van der Waals surface area contributed by atoms with Gasteiger partial charge in [-0.05, 0) is 55.0 Å². The number of aryl methyl sites for hydroxylation is 1. The van der Waals surface area contributed by atoms with E-state index in [0.717, 1.165) is 15.4 Å². The molecule has 0 saturated carbocycles. The van der Waals surface area contributed by atoms with Crippen molar-refractivity contribution in [2.45, 2.75) is 18.4 Å². The minimum absolute atomic E-state index is 0.103. The van der Waals surface area contributed by atoms with Crippen LogP contribution in [-0.2, 0) is 21.4 Å². The minimum atomic E-state index is -3.98. The van der Waals surface area contributed by atoms with Gasteiger partial charge < -0.3 is 4.90 Å². The van der Waals surface area contributed by atoms with Crippen molar-refractivity contribution in [1.29, 1.82) is 0 Å². The molecule has 0 radical (unpaired) electrons. The van der Waals surface area contributed by atoms with E-state index in [0.29, 0.717) is 22.3 Å². The SMILES string of the molecule is Cc1ccc(S(=O)(=O)N(CC(=O)N(C)Cc2ccc(Cl)cc2)c2cccc(Cl)c2)cc1. The van der Waals surface area contributed by atoms with E-state index in [1.165, 1.54) is 23.1 Å². The van der Waals surface area contributed by atoms with Crippen LogP contribution in [0.25, 0.3) is 0 Å². The van der Waals surface area contributed by atoms with Crippen LogP contribution >= 0.6 is 23.2 Å². The summed E-state index contributed by atoms with van der Waals surface area (Å²) in [4.78, 5) is 14.6. The maximum atomic E-state index is 13.4. The molecule has 1 amide bonds. The van der Waals surface area contributed by atoms with Crippen molar-refractivity contribution in [3.05, 3.63) is 94.0 Å². The highest BCUT2D eigenvalue weighted by molar-refractivity contribution is 7.92. The fraction of sp³-hybridized carbons (Fsp3) is 0.174. The van der Waals surface area contributed by atoms with Crippen LogP contribution in [0.5, 0.6) is 0 Å². The van der Waals surface area contributed by atoms with Gasteiger partial charge >= 0.3 is 0 Å². The monoisotopic (exact) mass is 476 g/mol. The average Bonchev–Trinajstić information content (AvgIpc) is 2.73.